The number of carbonyl (C=O) groups is 2. The molecule has 0 heterocycles. The standard InChI is InChI=1S/C24H31N3O3S/c1-5-17(4)25-22(28)18-9-8-10-19(15-18)26-24(31)27-23(29)20-11-6-7-12-21(20)30-14-13-16(2)3/h6-12,15-17H,5,13-14H2,1-4H3,(H,25,28)(H2,26,27,29,31). The third-order valence-electron chi connectivity index (χ3n) is 4.68. The summed E-state index contributed by atoms with van der Waals surface area (Å²) in [7, 11) is 0. The van der Waals surface area contributed by atoms with E-state index in [0.29, 0.717) is 35.1 Å². The van der Waals surface area contributed by atoms with Crippen molar-refractivity contribution in [1.82, 2.24) is 10.6 Å². The third kappa shape index (κ3) is 8.02. The second kappa shape index (κ2) is 12.1. The van der Waals surface area contributed by atoms with Gasteiger partial charge in [0, 0.05) is 17.3 Å². The van der Waals surface area contributed by atoms with E-state index in [1.54, 1.807) is 42.5 Å². The molecule has 2 amide bonds. The van der Waals surface area contributed by atoms with E-state index in [9.17, 15) is 9.59 Å². The van der Waals surface area contributed by atoms with Crippen LogP contribution in [0.1, 0.15) is 61.3 Å². The third-order valence-corrected chi connectivity index (χ3v) is 4.89. The van der Waals surface area contributed by atoms with Crippen LogP contribution in [0.5, 0.6) is 5.75 Å². The largest absolute Gasteiger partial charge is 0.493 e. The van der Waals surface area contributed by atoms with Gasteiger partial charge in [-0.15, -0.1) is 0 Å². The summed E-state index contributed by atoms with van der Waals surface area (Å²) in [5.74, 6) is 0.525. The number of benzene rings is 2. The van der Waals surface area contributed by atoms with Crippen LogP contribution in [0.25, 0.3) is 0 Å². The zero-order chi connectivity index (χ0) is 22.8. The van der Waals surface area contributed by atoms with Gasteiger partial charge in [-0.2, -0.15) is 0 Å². The van der Waals surface area contributed by atoms with E-state index in [1.165, 1.54) is 0 Å². The Morgan fingerprint density at radius 2 is 1.77 bits per heavy atom. The Kier molecular flexibility index (Phi) is 9.46. The van der Waals surface area contributed by atoms with E-state index >= 15 is 0 Å². The molecule has 1 atom stereocenters. The van der Waals surface area contributed by atoms with Crippen molar-refractivity contribution >= 4 is 34.8 Å². The van der Waals surface area contributed by atoms with E-state index in [0.717, 1.165) is 12.8 Å². The number of hydrogen-bond acceptors (Lipinski definition) is 4. The molecule has 0 aliphatic heterocycles. The van der Waals surface area contributed by atoms with Gasteiger partial charge in [-0.25, -0.2) is 0 Å². The highest BCUT2D eigenvalue weighted by molar-refractivity contribution is 7.80. The average molecular weight is 442 g/mol. The second-order valence-corrected chi connectivity index (χ2v) is 8.21. The lowest BCUT2D eigenvalue weighted by atomic mass is 10.1. The Morgan fingerprint density at radius 1 is 1.03 bits per heavy atom. The van der Waals surface area contributed by atoms with Crippen LogP contribution < -0.4 is 20.7 Å². The summed E-state index contributed by atoms with van der Waals surface area (Å²) in [6.45, 7) is 8.74. The minimum Gasteiger partial charge on any atom is -0.493 e. The van der Waals surface area contributed by atoms with E-state index in [2.05, 4.69) is 29.8 Å². The van der Waals surface area contributed by atoms with E-state index < -0.39 is 0 Å². The van der Waals surface area contributed by atoms with Crippen LogP contribution in [0.2, 0.25) is 0 Å². The number of carbonyl (C=O) groups excluding carboxylic acids is 2. The fraction of sp³-hybridized carbons (Fsp3) is 0.375. The second-order valence-electron chi connectivity index (χ2n) is 7.80. The van der Waals surface area contributed by atoms with Crippen molar-refractivity contribution in [3.05, 3.63) is 59.7 Å². The number of para-hydroxylation sites is 1. The topological polar surface area (TPSA) is 79.5 Å². The SMILES string of the molecule is CCC(C)NC(=O)c1cccc(NC(=S)NC(=O)c2ccccc2OCCC(C)C)c1. The van der Waals surface area contributed by atoms with Crippen LogP contribution in [0.3, 0.4) is 0 Å². The normalized spacial score (nSPS) is 11.5. The highest BCUT2D eigenvalue weighted by Gasteiger charge is 2.14. The molecule has 1 unspecified atom stereocenters. The Morgan fingerprint density at radius 3 is 2.48 bits per heavy atom. The molecule has 3 N–H and O–H groups in total. The maximum absolute atomic E-state index is 12.7. The molecule has 2 rings (SSSR count). The van der Waals surface area contributed by atoms with Crippen LogP contribution in [-0.2, 0) is 0 Å². The van der Waals surface area contributed by atoms with Crippen LogP contribution in [0.15, 0.2) is 48.5 Å². The van der Waals surface area contributed by atoms with Gasteiger partial charge >= 0.3 is 0 Å². The molecule has 6 nitrogen and oxygen atoms in total. The highest BCUT2D eigenvalue weighted by atomic mass is 32.1. The molecule has 2 aromatic rings. The molecule has 0 fully saturated rings. The lowest BCUT2D eigenvalue weighted by molar-refractivity contribution is 0.0937. The first-order chi connectivity index (χ1) is 14.8. The molecular formula is C24H31N3O3S. The minimum absolute atomic E-state index is 0.0901. The molecule has 2 aromatic carbocycles. The van der Waals surface area contributed by atoms with Crippen LogP contribution in [0.4, 0.5) is 5.69 Å². The van der Waals surface area contributed by atoms with Crippen LogP contribution in [-0.4, -0.2) is 29.6 Å². The van der Waals surface area contributed by atoms with Gasteiger partial charge < -0.3 is 15.4 Å². The van der Waals surface area contributed by atoms with Crippen molar-refractivity contribution in [2.24, 2.45) is 5.92 Å². The van der Waals surface area contributed by atoms with Gasteiger partial charge in [-0.1, -0.05) is 39.0 Å². The minimum atomic E-state index is -0.358. The maximum Gasteiger partial charge on any atom is 0.261 e. The average Bonchev–Trinajstić information content (AvgIpc) is 2.73. The van der Waals surface area contributed by atoms with Gasteiger partial charge in [0.2, 0.25) is 0 Å². The summed E-state index contributed by atoms with van der Waals surface area (Å²) in [6.07, 6.45) is 1.75. The smallest absolute Gasteiger partial charge is 0.261 e. The van der Waals surface area contributed by atoms with Gasteiger partial charge in [0.05, 0.1) is 12.2 Å². The summed E-state index contributed by atoms with van der Waals surface area (Å²) >= 11 is 5.29. The number of nitrogens with one attached hydrogen (secondary N) is 3. The zero-order valence-electron chi connectivity index (χ0n) is 18.5. The molecule has 0 saturated carbocycles. The fourth-order valence-electron chi connectivity index (χ4n) is 2.66. The molecular weight excluding hydrogens is 410 g/mol. The van der Waals surface area contributed by atoms with E-state index in [-0.39, 0.29) is 23.0 Å². The van der Waals surface area contributed by atoms with E-state index in [4.69, 9.17) is 17.0 Å². The number of anilines is 1. The number of thiocarbonyl (C=S) groups is 1. The van der Waals surface area contributed by atoms with Crippen LogP contribution >= 0.6 is 12.2 Å². The Hall–Kier alpha value is -2.93. The molecule has 0 aliphatic carbocycles. The first kappa shape index (κ1) is 24.3. The van der Waals surface area contributed by atoms with Gasteiger partial charge in [-0.3, -0.25) is 14.9 Å². The summed E-state index contributed by atoms with van der Waals surface area (Å²) in [4.78, 5) is 25.0. The van der Waals surface area contributed by atoms with Crippen molar-refractivity contribution in [3.63, 3.8) is 0 Å². The molecule has 0 spiro atoms. The van der Waals surface area contributed by atoms with Gasteiger partial charge in [0.1, 0.15) is 5.75 Å². The number of hydrogen-bond donors (Lipinski definition) is 3. The van der Waals surface area contributed by atoms with Crippen molar-refractivity contribution in [2.45, 2.75) is 46.6 Å². The maximum atomic E-state index is 12.7. The van der Waals surface area contributed by atoms with Gasteiger partial charge in [-0.05, 0) is 68.2 Å². The van der Waals surface area contributed by atoms with Crippen molar-refractivity contribution in [2.75, 3.05) is 11.9 Å². The van der Waals surface area contributed by atoms with Crippen molar-refractivity contribution < 1.29 is 14.3 Å². The predicted octanol–water partition coefficient (Wildman–Crippen LogP) is 4.77. The Labute approximate surface area is 189 Å². The lowest BCUT2D eigenvalue weighted by Crippen LogP contribution is -2.34. The predicted molar refractivity (Wildman–Crippen MR) is 129 cm³/mol. The Balaban J connectivity index is 2.00. The monoisotopic (exact) mass is 441 g/mol. The number of rotatable bonds is 9. The Bertz CT molecular complexity index is 914. The fourth-order valence-corrected chi connectivity index (χ4v) is 2.88. The summed E-state index contributed by atoms with van der Waals surface area (Å²) in [5.41, 5.74) is 1.55. The van der Waals surface area contributed by atoms with Crippen molar-refractivity contribution in [3.8, 4) is 5.75 Å². The van der Waals surface area contributed by atoms with E-state index in [1.807, 2.05) is 19.9 Å². The molecule has 0 aromatic heterocycles. The molecule has 7 heteroatoms. The van der Waals surface area contributed by atoms with Crippen LogP contribution in [0, 0.1) is 5.92 Å². The van der Waals surface area contributed by atoms with Crippen molar-refractivity contribution in [1.29, 1.82) is 0 Å². The summed E-state index contributed by atoms with van der Waals surface area (Å²) < 4.78 is 5.78. The molecule has 0 aliphatic rings. The quantitative estimate of drug-likeness (QED) is 0.489. The highest BCUT2D eigenvalue weighted by Crippen LogP contribution is 2.19. The zero-order valence-corrected chi connectivity index (χ0v) is 19.3. The molecule has 0 bridgehead atoms. The summed E-state index contributed by atoms with van der Waals surface area (Å²) in [6, 6.07) is 14.1. The molecule has 166 valence electrons. The van der Waals surface area contributed by atoms with Gasteiger partial charge in [0.15, 0.2) is 5.11 Å². The lowest BCUT2D eigenvalue weighted by Gasteiger charge is -2.14. The number of ether oxygens (including phenoxy) is 1. The first-order valence-corrected chi connectivity index (χ1v) is 11.0. The molecule has 31 heavy (non-hydrogen) atoms. The summed E-state index contributed by atoms with van der Waals surface area (Å²) in [5, 5.41) is 8.70. The number of amides is 2. The first-order valence-electron chi connectivity index (χ1n) is 10.5. The molecule has 0 radical (unpaired) electrons. The molecule has 0 saturated heterocycles. The van der Waals surface area contributed by atoms with Gasteiger partial charge in [0.25, 0.3) is 11.8 Å².